The lowest BCUT2D eigenvalue weighted by Crippen LogP contribution is -2.43. The summed E-state index contributed by atoms with van der Waals surface area (Å²) in [4.78, 5) is 13.0. The molecule has 3 rings (SSSR count). The van der Waals surface area contributed by atoms with E-state index in [1.807, 2.05) is 11.1 Å². The van der Waals surface area contributed by atoms with Crippen LogP contribution in [0.2, 0.25) is 0 Å². The molecule has 26 heavy (non-hydrogen) atoms. The first-order valence-electron chi connectivity index (χ1n) is 8.68. The van der Waals surface area contributed by atoms with Crippen LogP contribution in [0.25, 0.3) is 6.08 Å². The second-order valence-electron chi connectivity index (χ2n) is 6.15. The fourth-order valence-electron chi connectivity index (χ4n) is 2.93. The Morgan fingerprint density at radius 3 is 2.42 bits per heavy atom. The van der Waals surface area contributed by atoms with Crippen molar-refractivity contribution in [3.8, 4) is 0 Å². The number of para-hydroxylation sites is 1. The van der Waals surface area contributed by atoms with Gasteiger partial charge in [-0.25, -0.2) is 0 Å². The minimum Gasteiger partial charge on any atom is -0.295 e. The van der Waals surface area contributed by atoms with Crippen molar-refractivity contribution in [1.29, 1.82) is 0 Å². The molecule has 2 aromatic carbocycles. The van der Waals surface area contributed by atoms with E-state index in [1.165, 1.54) is 11.6 Å². The van der Waals surface area contributed by atoms with Gasteiger partial charge >= 0.3 is 0 Å². The molecular formula is C20H22N4O2. The molecule has 1 heterocycles. The van der Waals surface area contributed by atoms with E-state index in [9.17, 15) is 10.1 Å². The highest BCUT2D eigenvalue weighted by atomic mass is 16.6. The van der Waals surface area contributed by atoms with E-state index in [4.69, 9.17) is 0 Å². The van der Waals surface area contributed by atoms with Crippen molar-refractivity contribution >= 4 is 18.0 Å². The summed E-state index contributed by atoms with van der Waals surface area (Å²) in [6.07, 6.45) is 5.16. The van der Waals surface area contributed by atoms with Crippen molar-refractivity contribution in [2.45, 2.75) is 6.54 Å². The first kappa shape index (κ1) is 17.8. The van der Waals surface area contributed by atoms with Crippen LogP contribution in [0.3, 0.4) is 0 Å². The molecule has 0 aromatic heterocycles. The largest absolute Gasteiger partial charge is 0.295 e. The third-order valence-electron chi connectivity index (χ3n) is 4.32. The molecule has 1 saturated heterocycles. The smallest absolute Gasteiger partial charge is 0.276 e. The molecule has 134 valence electrons. The quantitative estimate of drug-likeness (QED) is 0.455. The lowest BCUT2D eigenvalue weighted by atomic mass is 10.1. The van der Waals surface area contributed by atoms with Crippen LogP contribution in [0.4, 0.5) is 5.69 Å². The van der Waals surface area contributed by atoms with Crippen molar-refractivity contribution in [3.05, 3.63) is 81.9 Å². The molecule has 0 bridgehead atoms. The number of hydrazone groups is 1. The summed E-state index contributed by atoms with van der Waals surface area (Å²) in [6, 6.07) is 17.2. The average molecular weight is 350 g/mol. The normalized spacial score (nSPS) is 15.8. The number of nitrogens with zero attached hydrogens (tertiary/aromatic N) is 4. The van der Waals surface area contributed by atoms with E-state index in [1.54, 1.807) is 36.6 Å². The minimum atomic E-state index is -0.372. The zero-order chi connectivity index (χ0) is 18.2. The predicted octanol–water partition coefficient (Wildman–Crippen LogP) is 3.41. The van der Waals surface area contributed by atoms with Crippen LogP contribution in [0.5, 0.6) is 0 Å². The van der Waals surface area contributed by atoms with Crippen molar-refractivity contribution in [3.63, 3.8) is 0 Å². The first-order valence-corrected chi connectivity index (χ1v) is 8.68. The highest BCUT2D eigenvalue weighted by Gasteiger charge is 2.15. The highest BCUT2D eigenvalue weighted by molar-refractivity contribution is 5.79. The molecular weight excluding hydrogens is 328 g/mol. The Morgan fingerprint density at radius 1 is 1.00 bits per heavy atom. The number of hydrogen-bond acceptors (Lipinski definition) is 5. The van der Waals surface area contributed by atoms with Crippen molar-refractivity contribution in [2.75, 3.05) is 26.2 Å². The lowest BCUT2D eigenvalue weighted by Gasteiger charge is -2.32. The van der Waals surface area contributed by atoms with Gasteiger partial charge in [0.05, 0.1) is 10.5 Å². The third-order valence-corrected chi connectivity index (χ3v) is 4.32. The molecule has 0 radical (unpaired) electrons. The topological polar surface area (TPSA) is 62.0 Å². The number of rotatable bonds is 6. The van der Waals surface area contributed by atoms with Crippen LogP contribution in [0.15, 0.2) is 65.8 Å². The van der Waals surface area contributed by atoms with E-state index in [0.29, 0.717) is 5.56 Å². The predicted molar refractivity (Wildman–Crippen MR) is 104 cm³/mol. The van der Waals surface area contributed by atoms with E-state index in [2.05, 4.69) is 34.3 Å². The number of benzene rings is 2. The molecule has 0 aliphatic carbocycles. The van der Waals surface area contributed by atoms with Crippen LogP contribution in [-0.2, 0) is 6.54 Å². The molecule has 0 saturated carbocycles. The monoisotopic (exact) mass is 350 g/mol. The van der Waals surface area contributed by atoms with Crippen molar-refractivity contribution < 1.29 is 4.92 Å². The SMILES string of the molecule is O=[N+]([O-])c1ccccc1C=CC=NN1CCN(Cc2ccccc2)CC1. The van der Waals surface area contributed by atoms with Gasteiger partial charge in [0.2, 0.25) is 0 Å². The molecule has 2 aromatic rings. The molecule has 6 heteroatoms. The number of nitro groups is 1. The Bertz CT molecular complexity index is 781. The van der Waals surface area contributed by atoms with Crippen LogP contribution in [-0.4, -0.2) is 47.2 Å². The lowest BCUT2D eigenvalue weighted by molar-refractivity contribution is -0.385. The van der Waals surface area contributed by atoms with Gasteiger partial charge in [0.1, 0.15) is 0 Å². The Labute approximate surface area is 153 Å². The summed E-state index contributed by atoms with van der Waals surface area (Å²) >= 11 is 0. The molecule has 0 N–H and O–H groups in total. The summed E-state index contributed by atoms with van der Waals surface area (Å²) in [5, 5.41) is 17.5. The molecule has 0 atom stereocenters. The molecule has 0 unspecified atom stereocenters. The molecule has 1 aliphatic rings. The Morgan fingerprint density at radius 2 is 1.69 bits per heavy atom. The highest BCUT2D eigenvalue weighted by Crippen LogP contribution is 2.18. The van der Waals surface area contributed by atoms with Crippen LogP contribution in [0, 0.1) is 10.1 Å². The number of piperazine rings is 1. The van der Waals surface area contributed by atoms with Gasteiger partial charge in [-0.3, -0.25) is 20.0 Å². The zero-order valence-corrected chi connectivity index (χ0v) is 14.6. The molecule has 1 aliphatic heterocycles. The fourth-order valence-corrected chi connectivity index (χ4v) is 2.93. The summed E-state index contributed by atoms with van der Waals surface area (Å²) in [5.74, 6) is 0. The second-order valence-corrected chi connectivity index (χ2v) is 6.15. The van der Waals surface area contributed by atoms with Gasteiger partial charge < -0.3 is 0 Å². The van der Waals surface area contributed by atoms with Gasteiger partial charge in [-0.15, -0.1) is 0 Å². The maximum atomic E-state index is 11.0. The van der Waals surface area contributed by atoms with Gasteiger partial charge in [-0.1, -0.05) is 42.5 Å². The third kappa shape index (κ3) is 5.00. The molecule has 0 amide bonds. The molecule has 6 nitrogen and oxygen atoms in total. The number of hydrogen-bond donors (Lipinski definition) is 0. The Hall–Kier alpha value is -2.99. The minimum absolute atomic E-state index is 0.103. The van der Waals surface area contributed by atoms with E-state index >= 15 is 0 Å². The summed E-state index contributed by atoms with van der Waals surface area (Å²) in [6.45, 7) is 4.67. The standard InChI is InChI=1S/C20H22N4O2/c25-24(26)20-11-5-4-9-19(20)10-6-12-21-23-15-13-22(14-16-23)17-18-7-2-1-3-8-18/h1-12H,13-17H2. The van der Waals surface area contributed by atoms with Crippen LogP contribution >= 0.6 is 0 Å². The maximum absolute atomic E-state index is 11.0. The Kier molecular flexibility index (Phi) is 6.11. The van der Waals surface area contributed by atoms with Crippen molar-refractivity contribution in [1.82, 2.24) is 9.91 Å². The summed E-state index contributed by atoms with van der Waals surface area (Å²) in [7, 11) is 0. The summed E-state index contributed by atoms with van der Waals surface area (Å²) in [5.41, 5.74) is 2.01. The average Bonchev–Trinajstić information content (AvgIpc) is 2.67. The van der Waals surface area contributed by atoms with Gasteiger partial charge in [0.25, 0.3) is 5.69 Å². The van der Waals surface area contributed by atoms with Crippen LogP contribution in [0.1, 0.15) is 11.1 Å². The number of allylic oxidation sites excluding steroid dienone is 1. The second kappa shape index (κ2) is 8.92. The van der Waals surface area contributed by atoms with Crippen molar-refractivity contribution in [2.24, 2.45) is 5.10 Å². The van der Waals surface area contributed by atoms with Gasteiger partial charge in [-0.2, -0.15) is 5.10 Å². The maximum Gasteiger partial charge on any atom is 0.276 e. The molecule has 1 fully saturated rings. The van der Waals surface area contributed by atoms with Gasteiger partial charge in [0, 0.05) is 45.0 Å². The van der Waals surface area contributed by atoms with Gasteiger partial charge in [-0.05, 0) is 23.8 Å². The van der Waals surface area contributed by atoms with E-state index in [0.717, 1.165) is 32.7 Å². The fraction of sp³-hybridized carbons (Fsp3) is 0.250. The zero-order valence-electron chi connectivity index (χ0n) is 14.6. The first-order chi connectivity index (χ1) is 12.7. The van der Waals surface area contributed by atoms with Gasteiger partial charge in [0.15, 0.2) is 0 Å². The van der Waals surface area contributed by atoms with E-state index in [-0.39, 0.29) is 10.6 Å². The Balaban J connectivity index is 1.48. The van der Waals surface area contributed by atoms with E-state index < -0.39 is 0 Å². The molecule has 0 spiro atoms. The number of nitro benzene ring substituents is 1. The van der Waals surface area contributed by atoms with Crippen LogP contribution < -0.4 is 0 Å². The summed E-state index contributed by atoms with van der Waals surface area (Å²) < 4.78 is 0.